The summed E-state index contributed by atoms with van der Waals surface area (Å²) in [6, 6.07) is 8.66. The number of ether oxygens (including phenoxy) is 1. The predicted octanol–water partition coefficient (Wildman–Crippen LogP) is 1.77. The lowest BCUT2D eigenvalue weighted by Gasteiger charge is -2.52. The summed E-state index contributed by atoms with van der Waals surface area (Å²) in [5.74, 6) is -2.10. The van der Waals surface area contributed by atoms with E-state index >= 15 is 0 Å². The molecule has 2 aromatic rings. The van der Waals surface area contributed by atoms with Crippen molar-refractivity contribution in [2.45, 2.75) is 50.1 Å². The number of nitrogens with zero attached hydrogens (tertiary/aromatic N) is 1. The number of aromatic amines is 1. The molecule has 1 aliphatic heterocycles. The Hall–Kier alpha value is -3.87. The van der Waals surface area contributed by atoms with Gasteiger partial charge in [0, 0.05) is 16.8 Å². The zero-order valence-corrected chi connectivity index (χ0v) is 20.5. The Morgan fingerprint density at radius 3 is 2.70 bits per heavy atom. The van der Waals surface area contributed by atoms with E-state index < -0.39 is 41.1 Å². The number of aromatic nitrogens is 1. The minimum atomic E-state index is -1.25. The largest absolute Gasteiger partial charge is 0.496 e. The van der Waals surface area contributed by atoms with Crippen LogP contribution in [0.2, 0.25) is 0 Å². The lowest BCUT2D eigenvalue weighted by molar-refractivity contribution is -0.137. The summed E-state index contributed by atoms with van der Waals surface area (Å²) in [6.07, 6.45) is 4.12. The Balaban J connectivity index is 1.23. The van der Waals surface area contributed by atoms with Crippen LogP contribution in [0, 0.1) is 40.9 Å². The number of carbonyl (C=O) groups is 4. The summed E-state index contributed by atoms with van der Waals surface area (Å²) in [5, 5.41) is 19.3. The van der Waals surface area contributed by atoms with E-state index in [0.29, 0.717) is 36.6 Å². The predicted molar refractivity (Wildman–Crippen MR) is 131 cm³/mol. The summed E-state index contributed by atoms with van der Waals surface area (Å²) >= 11 is 0. The van der Waals surface area contributed by atoms with Gasteiger partial charge < -0.3 is 20.4 Å². The monoisotopic (exact) mass is 503 g/mol. The van der Waals surface area contributed by atoms with Gasteiger partial charge in [-0.25, -0.2) is 0 Å². The number of H-pyrrole nitrogens is 1. The van der Waals surface area contributed by atoms with Crippen molar-refractivity contribution in [1.82, 2.24) is 20.9 Å². The molecule has 10 heteroatoms. The number of rotatable bonds is 7. The molecule has 4 saturated carbocycles. The summed E-state index contributed by atoms with van der Waals surface area (Å²) in [4.78, 5) is 54.9. The van der Waals surface area contributed by atoms with E-state index in [1.54, 1.807) is 13.2 Å². The SMILES string of the molecule is COc1cccc2[nH]c(C(=O)N[C@@H](CC3CC3)C(=O)N[C@@]3(C#N)C[C@@H]4CC[C@@H]3[C@H]3C(=O)NC(=O)[C@@H]43)cc12. The highest BCUT2D eigenvalue weighted by Gasteiger charge is 2.64. The third-order valence-electron chi connectivity index (χ3n) is 8.77. The van der Waals surface area contributed by atoms with Gasteiger partial charge in [-0.2, -0.15) is 5.26 Å². The van der Waals surface area contributed by atoms with Crippen molar-refractivity contribution in [1.29, 1.82) is 5.26 Å². The van der Waals surface area contributed by atoms with Gasteiger partial charge in [-0.1, -0.05) is 18.9 Å². The number of nitriles is 1. The first-order chi connectivity index (χ1) is 17.8. The van der Waals surface area contributed by atoms with Crippen LogP contribution in [0.25, 0.3) is 10.9 Å². The number of hydrogen-bond acceptors (Lipinski definition) is 6. The maximum atomic E-state index is 13.6. The minimum Gasteiger partial charge on any atom is -0.496 e. The Bertz CT molecular complexity index is 1360. The van der Waals surface area contributed by atoms with Crippen LogP contribution in [0.3, 0.4) is 0 Å². The molecular formula is C27H29N5O5. The van der Waals surface area contributed by atoms with Gasteiger partial charge in [-0.15, -0.1) is 0 Å². The van der Waals surface area contributed by atoms with Crippen molar-refractivity contribution >= 4 is 34.5 Å². The van der Waals surface area contributed by atoms with Gasteiger partial charge in [-0.05, 0) is 55.7 Å². The molecule has 5 fully saturated rings. The Morgan fingerprint density at radius 1 is 1.19 bits per heavy atom. The molecular weight excluding hydrogens is 474 g/mol. The first-order valence-electron chi connectivity index (χ1n) is 12.9. The molecule has 2 heterocycles. The first kappa shape index (κ1) is 23.5. The zero-order chi connectivity index (χ0) is 25.9. The average molecular weight is 504 g/mol. The van der Waals surface area contributed by atoms with Crippen molar-refractivity contribution in [3.63, 3.8) is 0 Å². The molecule has 7 rings (SSSR count). The zero-order valence-electron chi connectivity index (χ0n) is 20.5. The molecule has 4 aliphatic carbocycles. The van der Waals surface area contributed by atoms with E-state index in [4.69, 9.17) is 4.74 Å². The third-order valence-corrected chi connectivity index (χ3v) is 8.77. The Kier molecular flexibility index (Phi) is 5.48. The first-order valence-corrected chi connectivity index (χ1v) is 12.9. The molecule has 1 saturated heterocycles. The molecule has 6 atom stereocenters. The Labute approximate surface area is 213 Å². The minimum absolute atomic E-state index is 0.140. The van der Waals surface area contributed by atoms with Gasteiger partial charge in [0.25, 0.3) is 5.91 Å². The van der Waals surface area contributed by atoms with Crippen LogP contribution in [0.15, 0.2) is 24.3 Å². The van der Waals surface area contributed by atoms with Crippen molar-refractivity contribution in [2.75, 3.05) is 7.11 Å². The van der Waals surface area contributed by atoms with Crippen LogP contribution in [-0.2, 0) is 14.4 Å². The van der Waals surface area contributed by atoms with Crippen molar-refractivity contribution in [2.24, 2.45) is 29.6 Å². The number of nitrogens with one attached hydrogen (secondary N) is 4. The standard InChI is InChI=1S/C27H29N5O5/c1-37-20-4-2-3-17-15(20)10-19(29-17)23(33)30-18(9-13-5-6-13)24(34)32-27(12-28)11-14-7-8-16(27)22-21(14)25(35)31-26(22)36/h2-4,10,13-14,16,18,21-22,29H,5-9,11H2,1H3,(H,30,33)(H,32,34)(H,31,35,36)/t14-,16+,18-,21-,22+,27+/m0/s1. The quantitative estimate of drug-likeness (QED) is 0.423. The van der Waals surface area contributed by atoms with E-state index in [9.17, 15) is 24.4 Å². The molecule has 0 spiro atoms. The van der Waals surface area contributed by atoms with E-state index in [2.05, 4.69) is 27.0 Å². The van der Waals surface area contributed by atoms with Crippen LogP contribution < -0.4 is 20.7 Å². The second-order valence-electron chi connectivity index (χ2n) is 10.9. The van der Waals surface area contributed by atoms with Gasteiger partial charge in [-0.3, -0.25) is 24.5 Å². The summed E-state index contributed by atoms with van der Waals surface area (Å²) in [6.45, 7) is 0. The third kappa shape index (κ3) is 3.84. The van der Waals surface area contributed by atoms with E-state index in [1.165, 1.54) is 0 Å². The van der Waals surface area contributed by atoms with Gasteiger partial charge >= 0.3 is 0 Å². The molecule has 5 aliphatic rings. The van der Waals surface area contributed by atoms with Crippen molar-refractivity contribution in [3.8, 4) is 11.8 Å². The van der Waals surface area contributed by atoms with Crippen molar-refractivity contribution < 1.29 is 23.9 Å². The second-order valence-corrected chi connectivity index (χ2v) is 10.9. The molecule has 10 nitrogen and oxygen atoms in total. The van der Waals surface area contributed by atoms with Crippen LogP contribution in [0.5, 0.6) is 5.75 Å². The van der Waals surface area contributed by atoms with E-state index in [1.807, 2.05) is 18.2 Å². The number of fused-ring (bicyclic) bond motifs is 3. The van der Waals surface area contributed by atoms with Crippen LogP contribution in [0.4, 0.5) is 0 Å². The summed E-state index contributed by atoms with van der Waals surface area (Å²) in [7, 11) is 1.56. The highest BCUT2D eigenvalue weighted by Crippen LogP contribution is 2.55. The molecule has 192 valence electrons. The topological polar surface area (TPSA) is 153 Å². The van der Waals surface area contributed by atoms with Gasteiger partial charge in [0.2, 0.25) is 17.7 Å². The van der Waals surface area contributed by atoms with Gasteiger partial charge in [0.15, 0.2) is 0 Å². The number of benzene rings is 1. The highest BCUT2D eigenvalue weighted by molar-refractivity contribution is 6.06. The molecule has 0 radical (unpaired) electrons. The average Bonchev–Trinajstić information content (AvgIpc) is 3.51. The second kappa shape index (κ2) is 8.61. The van der Waals surface area contributed by atoms with E-state index in [-0.39, 0.29) is 17.7 Å². The fraction of sp³-hybridized carbons (Fsp3) is 0.519. The molecule has 4 amide bonds. The van der Waals surface area contributed by atoms with Gasteiger partial charge in [0.1, 0.15) is 23.0 Å². The van der Waals surface area contributed by atoms with Crippen LogP contribution >= 0.6 is 0 Å². The number of carbonyl (C=O) groups excluding carboxylic acids is 4. The molecule has 1 aromatic carbocycles. The van der Waals surface area contributed by atoms with Gasteiger partial charge in [0.05, 0.1) is 25.0 Å². The van der Waals surface area contributed by atoms with Crippen LogP contribution in [0.1, 0.15) is 49.0 Å². The van der Waals surface area contributed by atoms with E-state index in [0.717, 1.165) is 30.2 Å². The maximum absolute atomic E-state index is 13.6. The molecule has 1 aromatic heterocycles. The number of methoxy groups -OCH3 is 1. The molecule has 37 heavy (non-hydrogen) atoms. The smallest absolute Gasteiger partial charge is 0.268 e. The fourth-order valence-corrected chi connectivity index (χ4v) is 6.84. The number of imide groups is 1. The van der Waals surface area contributed by atoms with Crippen LogP contribution in [-0.4, -0.2) is 47.3 Å². The Morgan fingerprint density at radius 2 is 1.97 bits per heavy atom. The molecule has 2 bridgehead atoms. The normalized spacial score (nSPS) is 30.8. The van der Waals surface area contributed by atoms with Crippen molar-refractivity contribution in [3.05, 3.63) is 30.0 Å². The number of amides is 4. The maximum Gasteiger partial charge on any atom is 0.268 e. The summed E-state index contributed by atoms with van der Waals surface area (Å²) < 4.78 is 5.38. The highest BCUT2D eigenvalue weighted by atomic mass is 16.5. The fourth-order valence-electron chi connectivity index (χ4n) is 6.84. The summed E-state index contributed by atoms with van der Waals surface area (Å²) in [5.41, 5.74) is -0.193. The molecule has 0 unspecified atom stereocenters. The lowest BCUT2D eigenvalue weighted by atomic mass is 9.52. The number of hydrogen-bond donors (Lipinski definition) is 4. The molecule has 4 N–H and O–H groups in total. The lowest BCUT2D eigenvalue weighted by Crippen LogP contribution is -2.66.